The Morgan fingerprint density at radius 3 is 2.16 bits per heavy atom. The number of nitrogens with zero attached hydrogens (tertiary/aromatic N) is 1. The molecule has 1 aliphatic rings. The summed E-state index contributed by atoms with van der Waals surface area (Å²) >= 11 is 0. The quantitative estimate of drug-likeness (QED) is 0.384. The molecule has 0 unspecified atom stereocenters. The van der Waals surface area contributed by atoms with E-state index in [9.17, 15) is 24.3 Å². The average Bonchev–Trinajstić information content (AvgIpc) is 3.29. The predicted molar refractivity (Wildman–Crippen MR) is 142 cm³/mol. The number of carboxylic acid groups (broad SMARTS) is 1. The van der Waals surface area contributed by atoms with Crippen LogP contribution < -0.4 is 10.6 Å². The fourth-order valence-corrected chi connectivity index (χ4v) is 4.59. The fourth-order valence-electron chi connectivity index (χ4n) is 4.59. The molecule has 0 bridgehead atoms. The van der Waals surface area contributed by atoms with Gasteiger partial charge < -0.3 is 20.6 Å². The number of carboxylic acids is 1. The Morgan fingerprint density at radius 1 is 0.895 bits per heavy atom. The van der Waals surface area contributed by atoms with Crippen molar-refractivity contribution in [1.82, 2.24) is 15.5 Å². The minimum absolute atomic E-state index is 0.0444. The summed E-state index contributed by atoms with van der Waals surface area (Å²) in [6.45, 7) is 2.20. The summed E-state index contributed by atoms with van der Waals surface area (Å²) in [7, 11) is 0. The number of nitrogens with one attached hydrogen (secondary N) is 2. The van der Waals surface area contributed by atoms with Crippen LogP contribution in [0, 0.1) is 0 Å². The van der Waals surface area contributed by atoms with E-state index in [-0.39, 0.29) is 30.7 Å². The lowest BCUT2D eigenvalue weighted by molar-refractivity contribution is -0.143. The summed E-state index contributed by atoms with van der Waals surface area (Å²) in [5, 5.41) is 15.3. The largest absolute Gasteiger partial charge is 0.480 e. The molecule has 1 saturated heterocycles. The highest BCUT2D eigenvalue weighted by Gasteiger charge is 2.37. The molecule has 1 aliphatic heterocycles. The maximum absolute atomic E-state index is 13.0. The molecule has 1 fully saturated rings. The second-order valence-corrected chi connectivity index (χ2v) is 9.47. The highest BCUT2D eigenvalue weighted by molar-refractivity contribution is 5.95. The molecule has 0 aromatic heterocycles. The lowest BCUT2D eigenvalue weighted by Crippen LogP contribution is -2.50. The Kier molecular flexibility index (Phi) is 8.53. The molecule has 8 nitrogen and oxygen atoms in total. The molecule has 3 aromatic carbocycles. The Bertz CT molecular complexity index is 1280. The van der Waals surface area contributed by atoms with Gasteiger partial charge in [0.2, 0.25) is 11.8 Å². The van der Waals surface area contributed by atoms with Crippen molar-refractivity contribution in [2.24, 2.45) is 0 Å². The summed E-state index contributed by atoms with van der Waals surface area (Å²) in [4.78, 5) is 51.6. The summed E-state index contributed by atoms with van der Waals surface area (Å²) < 4.78 is 0. The summed E-state index contributed by atoms with van der Waals surface area (Å²) in [5.74, 6) is -2.02. The number of benzene rings is 3. The first-order chi connectivity index (χ1) is 18.3. The van der Waals surface area contributed by atoms with E-state index >= 15 is 0 Å². The Labute approximate surface area is 221 Å². The van der Waals surface area contributed by atoms with Gasteiger partial charge in [-0.05, 0) is 42.2 Å². The normalized spacial score (nSPS) is 16.5. The van der Waals surface area contributed by atoms with Crippen LogP contribution in [0.3, 0.4) is 0 Å². The fraction of sp³-hybridized carbons (Fsp3) is 0.267. The summed E-state index contributed by atoms with van der Waals surface area (Å²) in [6, 6.07) is 23.6. The zero-order valence-electron chi connectivity index (χ0n) is 21.2. The Balaban J connectivity index is 1.37. The first kappa shape index (κ1) is 26.6. The zero-order chi connectivity index (χ0) is 27.1. The molecule has 0 saturated carbocycles. The van der Waals surface area contributed by atoms with Crippen LogP contribution in [0.2, 0.25) is 0 Å². The second kappa shape index (κ2) is 12.2. The van der Waals surface area contributed by atoms with Gasteiger partial charge in [-0.3, -0.25) is 14.4 Å². The van der Waals surface area contributed by atoms with Crippen LogP contribution in [0.5, 0.6) is 0 Å². The van der Waals surface area contributed by atoms with Crippen molar-refractivity contribution < 1.29 is 24.3 Å². The van der Waals surface area contributed by atoms with Gasteiger partial charge in [-0.25, -0.2) is 4.79 Å². The van der Waals surface area contributed by atoms with E-state index in [4.69, 9.17) is 0 Å². The van der Waals surface area contributed by atoms with Gasteiger partial charge in [-0.2, -0.15) is 0 Å². The third kappa shape index (κ3) is 6.64. The molecule has 4 rings (SSSR count). The summed E-state index contributed by atoms with van der Waals surface area (Å²) in [6.07, 6.45) is 0.632. The molecule has 3 aromatic rings. The molecule has 0 radical (unpaired) electrons. The Hall–Kier alpha value is -4.46. The van der Waals surface area contributed by atoms with E-state index in [1.54, 1.807) is 24.3 Å². The van der Waals surface area contributed by atoms with Crippen molar-refractivity contribution in [3.8, 4) is 0 Å². The van der Waals surface area contributed by atoms with Gasteiger partial charge in [-0.15, -0.1) is 0 Å². The SMILES string of the molecule is C[C@H](NC(=O)c1ccc(C[C@H](NC(=O)[C@@H]2CCC(=O)N2Cc2ccccc2)C(=O)O)cc1)c1ccccc1. The van der Waals surface area contributed by atoms with Gasteiger partial charge in [0, 0.05) is 24.9 Å². The molecular weight excluding hydrogens is 482 g/mol. The van der Waals surface area contributed by atoms with Gasteiger partial charge in [0.25, 0.3) is 5.91 Å². The van der Waals surface area contributed by atoms with Crippen LogP contribution in [0.25, 0.3) is 0 Å². The number of carbonyl (C=O) groups excluding carboxylic acids is 3. The zero-order valence-corrected chi connectivity index (χ0v) is 21.2. The third-order valence-corrected chi connectivity index (χ3v) is 6.74. The van der Waals surface area contributed by atoms with Crippen molar-refractivity contribution in [2.75, 3.05) is 0 Å². The van der Waals surface area contributed by atoms with E-state index in [1.165, 1.54) is 4.90 Å². The smallest absolute Gasteiger partial charge is 0.326 e. The van der Waals surface area contributed by atoms with Gasteiger partial charge in [0.05, 0.1) is 6.04 Å². The van der Waals surface area contributed by atoms with Crippen molar-refractivity contribution in [3.05, 3.63) is 107 Å². The van der Waals surface area contributed by atoms with Crippen LogP contribution in [0.1, 0.15) is 52.9 Å². The molecule has 1 heterocycles. The van der Waals surface area contributed by atoms with Crippen LogP contribution in [-0.2, 0) is 27.3 Å². The molecule has 3 amide bonds. The average molecular weight is 514 g/mol. The standard InChI is InChI=1S/C30H31N3O5/c1-20(23-10-6-3-7-11-23)31-28(35)24-14-12-21(13-15-24)18-25(30(37)38)32-29(36)26-16-17-27(34)33(26)19-22-8-4-2-5-9-22/h2-15,20,25-26H,16-19H2,1H3,(H,31,35)(H,32,36)(H,37,38)/t20-,25-,26-/m0/s1. The number of rotatable bonds is 10. The molecular formula is C30H31N3O5. The second-order valence-electron chi connectivity index (χ2n) is 9.47. The van der Waals surface area contributed by atoms with Crippen LogP contribution in [0.4, 0.5) is 0 Å². The van der Waals surface area contributed by atoms with Crippen LogP contribution >= 0.6 is 0 Å². The van der Waals surface area contributed by atoms with E-state index < -0.39 is 24.0 Å². The topological polar surface area (TPSA) is 116 Å². The van der Waals surface area contributed by atoms with E-state index in [0.717, 1.165) is 11.1 Å². The first-order valence-electron chi connectivity index (χ1n) is 12.6. The monoisotopic (exact) mass is 513 g/mol. The Morgan fingerprint density at radius 2 is 1.53 bits per heavy atom. The van der Waals surface area contributed by atoms with Crippen LogP contribution in [-0.4, -0.2) is 45.8 Å². The number of amides is 3. The van der Waals surface area contributed by atoms with E-state index in [0.29, 0.717) is 24.1 Å². The number of carbonyl (C=O) groups is 4. The number of aliphatic carboxylic acids is 1. The minimum atomic E-state index is -1.17. The van der Waals surface area contributed by atoms with Gasteiger partial charge in [0.15, 0.2) is 0 Å². The maximum atomic E-state index is 13.0. The lowest BCUT2D eigenvalue weighted by atomic mass is 10.0. The molecule has 196 valence electrons. The number of hydrogen-bond donors (Lipinski definition) is 3. The molecule has 3 atom stereocenters. The highest BCUT2D eigenvalue weighted by Crippen LogP contribution is 2.22. The lowest BCUT2D eigenvalue weighted by Gasteiger charge is -2.26. The molecule has 3 N–H and O–H groups in total. The van der Waals surface area contributed by atoms with Crippen molar-refractivity contribution in [1.29, 1.82) is 0 Å². The van der Waals surface area contributed by atoms with Crippen molar-refractivity contribution in [3.63, 3.8) is 0 Å². The first-order valence-corrected chi connectivity index (χ1v) is 12.6. The molecule has 38 heavy (non-hydrogen) atoms. The number of hydrogen-bond acceptors (Lipinski definition) is 4. The molecule has 8 heteroatoms. The van der Waals surface area contributed by atoms with E-state index in [2.05, 4.69) is 10.6 Å². The summed E-state index contributed by atoms with van der Waals surface area (Å²) in [5.41, 5.74) is 3.00. The van der Waals surface area contributed by atoms with Crippen molar-refractivity contribution >= 4 is 23.7 Å². The molecule has 0 aliphatic carbocycles. The van der Waals surface area contributed by atoms with Gasteiger partial charge >= 0.3 is 5.97 Å². The van der Waals surface area contributed by atoms with Gasteiger partial charge in [0.1, 0.15) is 12.1 Å². The van der Waals surface area contributed by atoms with Gasteiger partial charge in [-0.1, -0.05) is 72.8 Å². The van der Waals surface area contributed by atoms with Crippen LogP contribution in [0.15, 0.2) is 84.9 Å². The van der Waals surface area contributed by atoms with Crippen molar-refractivity contribution in [2.45, 2.75) is 50.9 Å². The molecule has 0 spiro atoms. The predicted octanol–water partition coefficient (Wildman–Crippen LogP) is 3.48. The highest BCUT2D eigenvalue weighted by atomic mass is 16.4. The number of likely N-dealkylation sites (tertiary alicyclic amines) is 1. The minimum Gasteiger partial charge on any atom is -0.480 e. The van der Waals surface area contributed by atoms with E-state index in [1.807, 2.05) is 67.6 Å². The maximum Gasteiger partial charge on any atom is 0.326 e. The third-order valence-electron chi connectivity index (χ3n) is 6.74.